The van der Waals surface area contributed by atoms with E-state index in [9.17, 15) is 19.5 Å². The molecule has 1 N–H and O–H groups in total. The van der Waals surface area contributed by atoms with Gasteiger partial charge in [0.2, 0.25) is 0 Å². The Bertz CT molecular complexity index is 836. The first-order valence-electron chi connectivity index (χ1n) is 7.41. The molecule has 0 saturated carbocycles. The second-order valence-electron chi connectivity index (χ2n) is 5.01. The van der Waals surface area contributed by atoms with E-state index >= 15 is 0 Å². The second-order valence-corrected chi connectivity index (χ2v) is 5.01. The van der Waals surface area contributed by atoms with Crippen LogP contribution in [0.4, 0.5) is 5.69 Å². The van der Waals surface area contributed by atoms with Gasteiger partial charge in [0.05, 0.1) is 38.2 Å². The van der Waals surface area contributed by atoms with Crippen LogP contribution < -0.4 is 9.64 Å². The standard InChI is InChI=1S/C18H17NO7/c1-24-14-8-7-11(16(20)21)10-13(14)19-9-5-4-6-12(17(22)25-2)15(19)18(23)26-3/h4-10H,1-3H3,(H,20,21). The van der Waals surface area contributed by atoms with E-state index in [-0.39, 0.29) is 22.5 Å². The van der Waals surface area contributed by atoms with E-state index in [0.29, 0.717) is 5.75 Å². The summed E-state index contributed by atoms with van der Waals surface area (Å²) >= 11 is 0. The molecule has 2 rings (SSSR count). The van der Waals surface area contributed by atoms with Crippen LogP contribution in [0.2, 0.25) is 0 Å². The first-order chi connectivity index (χ1) is 12.4. The van der Waals surface area contributed by atoms with Gasteiger partial charge in [-0.1, -0.05) is 6.08 Å². The molecule has 0 aromatic heterocycles. The highest BCUT2D eigenvalue weighted by atomic mass is 16.5. The molecule has 1 aliphatic rings. The van der Waals surface area contributed by atoms with Gasteiger partial charge in [-0.15, -0.1) is 0 Å². The molecule has 0 bridgehead atoms. The van der Waals surface area contributed by atoms with E-state index in [1.165, 1.54) is 56.7 Å². The van der Waals surface area contributed by atoms with Crippen LogP contribution in [0, 0.1) is 0 Å². The molecule has 1 heterocycles. The zero-order valence-electron chi connectivity index (χ0n) is 14.4. The molecular formula is C18H17NO7. The summed E-state index contributed by atoms with van der Waals surface area (Å²) in [5.74, 6) is -2.40. The van der Waals surface area contributed by atoms with E-state index in [1.54, 1.807) is 12.2 Å². The second kappa shape index (κ2) is 8.02. The Morgan fingerprint density at radius 1 is 1.00 bits per heavy atom. The summed E-state index contributed by atoms with van der Waals surface area (Å²) in [6.45, 7) is 0. The number of carbonyl (C=O) groups is 3. The fourth-order valence-electron chi connectivity index (χ4n) is 2.36. The number of aromatic carboxylic acids is 1. The van der Waals surface area contributed by atoms with Crippen molar-refractivity contribution in [1.82, 2.24) is 0 Å². The summed E-state index contributed by atoms with van der Waals surface area (Å²) in [5.41, 5.74) is 0.0433. The predicted octanol–water partition coefficient (Wildman–Crippen LogP) is 1.88. The maximum Gasteiger partial charge on any atom is 0.355 e. The molecule has 8 heteroatoms. The van der Waals surface area contributed by atoms with Crippen molar-refractivity contribution in [2.75, 3.05) is 26.2 Å². The van der Waals surface area contributed by atoms with Crippen LogP contribution in [-0.4, -0.2) is 44.3 Å². The average Bonchev–Trinajstić information content (AvgIpc) is 2.88. The predicted molar refractivity (Wildman–Crippen MR) is 91.8 cm³/mol. The van der Waals surface area contributed by atoms with Crippen LogP contribution in [0.5, 0.6) is 5.75 Å². The third kappa shape index (κ3) is 3.59. The number of carbonyl (C=O) groups excluding carboxylic acids is 2. The van der Waals surface area contributed by atoms with E-state index in [0.717, 1.165) is 0 Å². The number of carboxylic acid groups (broad SMARTS) is 1. The summed E-state index contributed by atoms with van der Waals surface area (Å²) in [6, 6.07) is 4.15. The minimum atomic E-state index is -1.15. The third-order valence-corrected chi connectivity index (χ3v) is 3.57. The number of esters is 2. The van der Waals surface area contributed by atoms with Crippen molar-refractivity contribution < 1.29 is 33.7 Å². The van der Waals surface area contributed by atoms with Crippen LogP contribution >= 0.6 is 0 Å². The first kappa shape index (κ1) is 18.8. The highest BCUT2D eigenvalue weighted by molar-refractivity contribution is 6.06. The normalized spacial score (nSPS) is 13.3. The monoisotopic (exact) mass is 359 g/mol. The van der Waals surface area contributed by atoms with Crippen molar-refractivity contribution >= 4 is 23.6 Å². The van der Waals surface area contributed by atoms with Crippen molar-refractivity contribution in [1.29, 1.82) is 0 Å². The highest BCUT2D eigenvalue weighted by Gasteiger charge is 2.29. The van der Waals surface area contributed by atoms with Crippen LogP contribution in [0.25, 0.3) is 0 Å². The molecule has 0 aliphatic carbocycles. The van der Waals surface area contributed by atoms with Gasteiger partial charge in [-0.3, -0.25) is 0 Å². The van der Waals surface area contributed by atoms with Crippen LogP contribution in [0.1, 0.15) is 10.4 Å². The zero-order chi connectivity index (χ0) is 19.3. The molecule has 0 radical (unpaired) electrons. The number of benzene rings is 1. The Labute approximate surface area is 149 Å². The number of carboxylic acids is 1. The van der Waals surface area contributed by atoms with Gasteiger partial charge in [0.25, 0.3) is 0 Å². The molecule has 0 spiro atoms. The highest BCUT2D eigenvalue weighted by Crippen LogP contribution is 2.34. The number of allylic oxidation sites excluding steroid dienone is 2. The third-order valence-electron chi connectivity index (χ3n) is 3.57. The largest absolute Gasteiger partial charge is 0.495 e. The summed E-state index contributed by atoms with van der Waals surface area (Å²) in [5, 5.41) is 9.26. The molecule has 0 unspecified atom stereocenters. The van der Waals surface area contributed by atoms with E-state index in [1.807, 2.05) is 0 Å². The molecule has 136 valence electrons. The van der Waals surface area contributed by atoms with Gasteiger partial charge in [-0.2, -0.15) is 0 Å². The van der Waals surface area contributed by atoms with E-state index < -0.39 is 17.9 Å². The van der Waals surface area contributed by atoms with Gasteiger partial charge < -0.3 is 24.2 Å². The van der Waals surface area contributed by atoms with Crippen LogP contribution in [-0.2, 0) is 19.1 Å². The number of nitrogens with zero attached hydrogens (tertiary/aromatic N) is 1. The molecule has 0 saturated heterocycles. The van der Waals surface area contributed by atoms with Gasteiger partial charge in [-0.05, 0) is 30.4 Å². The molecule has 1 aliphatic heterocycles. The fourth-order valence-corrected chi connectivity index (χ4v) is 2.36. The molecule has 0 amide bonds. The van der Waals surface area contributed by atoms with Crippen LogP contribution in [0.15, 0.2) is 53.9 Å². The van der Waals surface area contributed by atoms with Gasteiger partial charge >= 0.3 is 17.9 Å². The number of rotatable bonds is 5. The van der Waals surface area contributed by atoms with Gasteiger partial charge in [0.1, 0.15) is 11.4 Å². The maximum atomic E-state index is 12.4. The van der Waals surface area contributed by atoms with Crippen molar-refractivity contribution in [3.63, 3.8) is 0 Å². The summed E-state index contributed by atoms with van der Waals surface area (Å²) in [6.07, 6.45) is 6.01. The molecule has 26 heavy (non-hydrogen) atoms. The number of hydrogen-bond donors (Lipinski definition) is 1. The Balaban J connectivity index is 2.76. The van der Waals surface area contributed by atoms with E-state index in [4.69, 9.17) is 14.2 Å². The van der Waals surface area contributed by atoms with Gasteiger partial charge in [0.15, 0.2) is 0 Å². The van der Waals surface area contributed by atoms with Gasteiger partial charge in [0, 0.05) is 6.20 Å². The number of anilines is 1. The smallest absolute Gasteiger partial charge is 0.355 e. The molecular weight excluding hydrogens is 342 g/mol. The van der Waals surface area contributed by atoms with Crippen LogP contribution in [0.3, 0.4) is 0 Å². The summed E-state index contributed by atoms with van der Waals surface area (Å²) in [7, 11) is 3.76. The Hall–Kier alpha value is -3.55. The lowest BCUT2D eigenvalue weighted by atomic mass is 10.1. The molecule has 8 nitrogen and oxygen atoms in total. The topological polar surface area (TPSA) is 102 Å². The Morgan fingerprint density at radius 3 is 2.27 bits per heavy atom. The van der Waals surface area contributed by atoms with Crippen molar-refractivity contribution in [2.45, 2.75) is 0 Å². The minimum absolute atomic E-state index is 0.0183. The van der Waals surface area contributed by atoms with Crippen molar-refractivity contribution in [3.8, 4) is 5.75 Å². The fraction of sp³-hybridized carbons (Fsp3) is 0.167. The lowest BCUT2D eigenvalue weighted by molar-refractivity contribution is -0.139. The quantitative estimate of drug-likeness (QED) is 0.795. The Morgan fingerprint density at radius 2 is 1.69 bits per heavy atom. The molecule has 1 aromatic rings. The average molecular weight is 359 g/mol. The van der Waals surface area contributed by atoms with Crippen molar-refractivity contribution in [2.24, 2.45) is 0 Å². The lowest BCUT2D eigenvalue weighted by Crippen LogP contribution is -2.27. The molecule has 1 aromatic carbocycles. The van der Waals surface area contributed by atoms with Crippen molar-refractivity contribution in [3.05, 3.63) is 59.5 Å². The SMILES string of the molecule is COC(=O)C1=C(C(=O)OC)N(c2cc(C(=O)O)ccc2OC)C=CC=C1. The number of ether oxygens (including phenoxy) is 3. The molecule has 0 atom stereocenters. The molecule has 0 fully saturated rings. The number of methoxy groups -OCH3 is 3. The summed E-state index contributed by atoms with van der Waals surface area (Å²) < 4.78 is 14.8. The maximum absolute atomic E-state index is 12.4. The first-order valence-corrected chi connectivity index (χ1v) is 7.41. The Kier molecular flexibility index (Phi) is 5.79. The van der Waals surface area contributed by atoms with E-state index in [2.05, 4.69) is 0 Å². The minimum Gasteiger partial charge on any atom is -0.495 e. The number of hydrogen-bond acceptors (Lipinski definition) is 7. The summed E-state index contributed by atoms with van der Waals surface area (Å²) in [4.78, 5) is 37.2. The zero-order valence-corrected chi connectivity index (χ0v) is 14.4. The lowest BCUT2D eigenvalue weighted by Gasteiger charge is -2.25. The van der Waals surface area contributed by atoms with Gasteiger partial charge in [-0.25, -0.2) is 14.4 Å².